The van der Waals surface area contributed by atoms with Crippen LogP contribution in [-0.4, -0.2) is 22.8 Å². The smallest absolute Gasteiger partial charge is 0.315 e. The molecular formula is C14H19N3O4. The summed E-state index contributed by atoms with van der Waals surface area (Å²) in [6.07, 6.45) is 0.595. The Labute approximate surface area is 122 Å². The van der Waals surface area contributed by atoms with Crippen LogP contribution in [0.1, 0.15) is 43.1 Å². The fourth-order valence-corrected chi connectivity index (χ4v) is 1.69. The van der Waals surface area contributed by atoms with E-state index < -0.39 is 12.1 Å². The summed E-state index contributed by atoms with van der Waals surface area (Å²) < 4.78 is 10.1. The minimum absolute atomic E-state index is 0.0625. The molecule has 0 aliphatic heterocycles. The first-order valence-electron chi connectivity index (χ1n) is 6.75. The number of nitrogens with one attached hydrogen (secondary N) is 2. The molecule has 0 radical (unpaired) electrons. The van der Waals surface area contributed by atoms with E-state index in [1.165, 1.54) is 6.26 Å². The van der Waals surface area contributed by atoms with Crippen molar-refractivity contribution in [2.75, 3.05) is 6.54 Å². The van der Waals surface area contributed by atoms with E-state index in [1.807, 2.05) is 19.9 Å². The molecule has 7 heteroatoms. The molecule has 0 spiro atoms. The second kappa shape index (κ2) is 6.94. The zero-order valence-electron chi connectivity index (χ0n) is 12.0. The van der Waals surface area contributed by atoms with Crippen LogP contribution in [0.4, 0.5) is 4.79 Å². The van der Waals surface area contributed by atoms with Gasteiger partial charge in [0.2, 0.25) is 0 Å². The van der Waals surface area contributed by atoms with E-state index in [-0.39, 0.29) is 19.0 Å². The monoisotopic (exact) mass is 293 g/mol. The molecule has 0 bridgehead atoms. The molecule has 2 rings (SSSR count). The van der Waals surface area contributed by atoms with Crippen LogP contribution in [0.15, 0.2) is 33.4 Å². The van der Waals surface area contributed by atoms with Gasteiger partial charge >= 0.3 is 6.03 Å². The molecule has 0 aliphatic carbocycles. The lowest BCUT2D eigenvalue weighted by Crippen LogP contribution is -2.37. The van der Waals surface area contributed by atoms with E-state index >= 15 is 0 Å². The lowest BCUT2D eigenvalue weighted by molar-refractivity contribution is 0.148. The molecule has 114 valence electrons. The highest BCUT2D eigenvalue weighted by molar-refractivity contribution is 5.73. The van der Waals surface area contributed by atoms with Crippen LogP contribution in [0.25, 0.3) is 0 Å². The Bertz CT molecular complexity index is 563. The third kappa shape index (κ3) is 4.35. The van der Waals surface area contributed by atoms with Crippen molar-refractivity contribution in [1.82, 2.24) is 15.8 Å². The molecule has 2 heterocycles. The number of hydrogen-bond donors (Lipinski definition) is 3. The quantitative estimate of drug-likeness (QED) is 0.755. The fourth-order valence-electron chi connectivity index (χ4n) is 1.69. The second-order valence-electron chi connectivity index (χ2n) is 4.97. The number of furan rings is 1. The van der Waals surface area contributed by atoms with Crippen LogP contribution in [0.5, 0.6) is 0 Å². The maximum Gasteiger partial charge on any atom is 0.315 e. The number of carbonyl (C=O) groups is 1. The number of urea groups is 1. The zero-order valence-corrected chi connectivity index (χ0v) is 12.0. The molecule has 1 atom stereocenters. The first kappa shape index (κ1) is 15.1. The first-order valence-corrected chi connectivity index (χ1v) is 6.75. The molecule has 0 aliphatic rings. The Balaban J connectivity index is 1.72. The standard InChI is InChI=1S/C14H19N3O4/c1-9(2)11-6-10(21-17-11)7-15-14(19)16-8-12(18)13-4-3-5-20-13/h3-6,9,12,18H,7-8H2,1-2H3,(H2,15,16,19). The highest BCUT2D eigenvalue weighted by Crippen LogP contribution is 2.14. The molecule has 2 amide bonds. The number of rotatable bonds is 6. The lowest BCUT2D eigenvalue weighted by Gasteiger charge is -2.09. The van der Waals surface area contributed by atoms with E-state index in [0.29, 0.717) is 11.5 Å². The molecule has 7 nitrogen and oxygen atoms in total. The van der Waals surface area contributed by atoms with Gasteiger partial charge in [-0.15, -0.1) is 0 Å². The SMILES string of the molecule is CC(C)c1cc(CNC(=O)NCC(O)c2ccco2)on1. The van der Waals surface area contributed by atoms with Gasteiger partial charge in [-0.05, 0) is 18.1 Å². The minimum Gasteiger partial charge on any atom is -0.467 e. The highest BCUT2D eigenvalue weighted by Gasteiger charge is 2.12. The van der Waals surface area contributed by atoms with Crippen molar-refractivity contribution in [3.8, 4) is 0 Å². The van der Waals surface area contributed by atoms with Gasteiger partial charge < -0.3 is 24.7 Å². The average molecular weight is 293 g/mol. The van der Waals surface area contributed by atoms with E-state index in [4.69, 9.17) is 8.94 Å². The van der Waals surface area contributed by atoms with Gasteiger partial charge in [-0.3, -0.25) is 0 Å². The van der Waals surface area contributed by atoms with E-state index in [1.54, 1.807) is 12.1 Å². The van der Waals surface area contributed by atoms with Gasteiger partial charge in [0, 0.05) is 6.07 Å². The van der Waals surface area contributed by atoms with Crippen LogP contribution in [0.2, 0.25) is 0 Å². The van der Waals surface area contributed by atoms with Gasteiger partial charge in [0.1, 0.15) is 11.9 Å². The number of hydrogen-bond acceptors (Lipinski definition) is 5. The van der Waals surface area contributed by atoms with Gasteiger partial charge in [-0.1, -0.05) is 19.0 Å². The molecule has 2 aromatic rings. The molecule has 1 unspecified atom stereocenters. The van der Waals surface area contributed by atoms with Crippen molar-refractivity contribution in [1.29, 1.82) is 0 Å². The van der Waals surface area contributed by atoms with Gasteiger partial charge in [0.15, 0.2) is 5.76 Å². The second-order valence-corrected chi connectivity index (χ2v) is 4.97. The summed E-state index contributed by atoms with van der Waals surface area (Å²) in [6, 6.07) is 4.73. The van der Waals surface area contributed by atoms with Crippen LogP contribution in [-0.2, 0) is 6.54 Å². The van der Waals surface area contributed by atoms with Crippen LogP contribution in [0.3, 0.4) is 0 Å². The van der Waals surface area contributed by atoms with Crippen molar-refractivity contribution in [3.05, 3.63) is 41.7 Å². The van der Waals surface area contributed by atoms with Gasteiger partial charge in [-0.2, -0.15) is 0 Å². The molecule has 0 saturated carbocycles. The van der Waals surface area contributed by atoms with Crippen LogP contribution in [0, 0.1) is 0 Å². The first-order chi connectivity index (χ1) is 10.1. The van der Waals surface area contributed by atoms with Crippen LogP contribution >= 0.6 is 0 Å². The minimum atomic E-state index is -0.872. The molecular weight excluding hydrogens is 274 g/mol. The molecule has 21 heavy (non-hydrogen) atoms. The third-order valence-corrected chi connectivity index (χ3v) is 2.92. The Morgan fingerprint density at radius 3 is 2.86 bits per heavy atom. The fraction of sp³-hybridized carbons (Fsp3) is 0.429. The molecule has 0 fully saturated rings. The van der Waals surface area contributed by atoms with Crippen molar-refractivity contribution in [2.45, 2.75) is 32.4 Å². The van der Waals surface area contributed by atoms with Gasteiger partial charge in [-0.25, -0.2) is 4.79 Å². The maximum atomic E-state index is 11.6. The van der Waals surface area contributed by atoms with Crippen molar-refractivity contribution in [2.24, 2.45) is 0 Å². The zero-order chi connectivity index (χ0) is 15.2. The van der Waals surface area contributed by atoms with Crippen LogP contribution < -0.4 is 10.6 Å². The average Bonchev–Trinajstić information content (AvgIpc) is 3.13. The number of carbonyl (C=O) groups excluding carboxylic acids is 1. The van der Waals surface area contributed by atoms with E-state index in [0.717, 1.165) is 5.69 Å². The summed E-state index contributed by atoms with van der Waals surface area (Å²) in [6.45, 7) is 4.32. The number of aliphatic hydroxyl groups is 1. The number of amides is 2. The number of aromatic nitrogens is 1. The number of nitrogens with zero attached hydrogens (tertiary/aromatic N) is 1. The largest absolute Gasteiger partial charge is 0.467 e. The normalized spacial score (nSPS) is 12.4. The summed E-state index contributed by atoms with van der Waals surface area (Å²) in [7, 11) is 0. The highest BCUT2D eigenvalue weighted by atomic mass is 16.5. The molecule has 0 saturated heterocycles. The topological polar surface area (TPSA) is 101 Å². The summed E-state index contributed by atoms with van der Waals surface area (Å²) in [4.78, 5) is 11.6. The van der Waals surface area contributed by atoms with E-state index in [9.17, 15) is 9.90 Å². The van der Waals surface area contributed by atoms with Crippen molar-refractivity contribution in [3.63, 3.8) is 0 Å². The lowest BCUT2D eigenvalue weighted by atomic mass is 10.1. The van der Waals surface area contributed by atoms with E-state index in [2.05, 4.69) is 15.8 Å². The Morgan fingerprint density at radius 1 is 1.43 bits per heavy atom. The molecule has 2 aromatic heterocycles. The predicted octanol–water partition coefficient (Wildman–Crippen LogP) is 1.92. The maximum absolute atomic E-state index is 11.6. The molecule has 3 N–H and O–H groups in total. The Kier molecular flexibility index (Phi) is 4.99. The van der Waals surface area contributed by atoms with Gasteiger partial charge in [0.05, 0.1) is 25.0 Å². The summed E-state index contributed by atoms with van der Waals surface area (Å²) in [5, 5.41) is 18.8. The number of aliphatic hydroxyl groups excluding tert-OH is 1. The summed E-state index contributed by atoms with van der Waals surface area (Å²) in [5.41, 5.74) is 0.848. The summed E-state index contributed by atoms with van der Waals surface area (Å²) >= 11 is 0. The summed E-state index contributed by atoms with van der Waals surface area (Å²) in [5.74, 6) is 1.27. The van der Waals surface area contributed by atoms with Crippen molar-refractivity contribution >= 4 is 6.03 Å². The third-order valence-electron chi connectivity index (χ3n) is 2.92. The van der Waals surface area contributed by atoms with Crippen molar-refractivity contribution < 1.29 is 18.8 Å². The van der Waals surface area contributed by atoms with Gasteiger partial charge in [0.25, 0.3) is 0 Å². The Morgan fingerprint density at radius 2 is 2.24 bits per heavy atom. The molecule has 0 aromatic carbocycles. The Hall–Kier alpha value is -2.28. The predicted molar refractivity (Wildman–Crippen MR) is 74.5 cm³/mol.